The summed E-state index contributed by atoms with van der Waals surface area (Å²) in [4.78, 5) is 27.2. The fourth-order valence-electron chi connectivity index (χ4n) is 2.66. The Balaban J connectivity index is 1.68. The monoisotopic (exact) mass is 487 g/mol. The number of halogens is 1. The van der Waals surface area contributed by atoms with E-state index in [4.69, 9.17) is 0 Å². The van der Waals surface area contributed by atoms with Gasteiger partial charge in [-0.25, -0.2) is 9.67 Å². The lowest BCUT2D eigenvalue weighted by Crippen LogP contribution is -2.15. The fraction of sp³-hybridized carbons (Fsp3) is 0.150. The normalized spacial score (nSPS) is 10.6. The molecule has 30 heavy (non-hydrogen) atoms. The molecule has 1 heterocycles. The van der Waals surface area contributed by atoms with E-state index in [1.54, 1.807) is 17.7 Å². The van der Waals surface area contributed by atoms with Gasteiger partial charge in [-0.15, -0.1) is 11.7 Å². The van der Waals surface area contributed by atoms with Crippen molar-refractivity contribution in [2.75, 3.05) is 11.1 Å². The summed E-state index contributed by atoms with van der Waals surface area (Å²) < 4.78 is 2.70. The fourth-order valence-corrected chi connectivity index (χ4v) is 3.57. The Kier molecular flexibility index (Phi) is 7.01. The van der Waals surface area contributed by atoms with E-state index in [1.807, 2.05) is 24.3 Å². The molecule has 0 atom stereocenters. The largest absolute Gasteiger partial charge is 0.325 e. The van der Waals surface area contributed by atoms with E-state index in [0.29, 0.717) is 28.8 Å². The quantitative estimate of drug-likeness (QED) is 0.211. The van der Waals surface area contributed by atoms with Gasteiger partial charge >= 0.3 is 0 Å². The van der Waals surface area contributed by atoms with Crippen molar-refractivity contribution in [3.8, 4) is 11.4 Å². The molecular weight excluding hydrogens is 470 g/mol. The Morgan fingerprint density at radius 1 is 1.33 bits per heavy atom. The number of nitro benzene ring substituents is 1. The maximum atomic E-state index is 12.3. The number of amides is 1. The summed E-state index contributed by atoms with van der Waals surface area (Å²) in [5, 5.41) is 18.5. The van der Waals surface area contributed by atoms with E-state index in [2.05, 4.69) is 37.9 Å². The lowest BCUT2D eigenvalue weighted by molar-refractivity contribution is -0.384. The summed E-state index contributed by atoms with van der Waals surface area (Å²) >= 11 is 4.63. The van der Waals surface area contributed by atoms with Crippen molar-refractivity contribution in [2.45, 2.75) is 18.6 Å². The molecule has 0 aliphatic carbocycles. The van der Waals surface area contributed by atoms with E-state index in [1.165, 1.54) is 30.0 Å². The molecule has 0 saturated heterocycles. The van der Waals surface area contributed by atoms with Crippen LogP contribution in [0.25, 0.3) is 11.4 Å². The highest BCUT2D eigenvalue weighted by Gasteiger charge is 2.15. The van der Waals surface area contributed by atoms with Gasteiger partial charge in [0.15, 0.2) is 5.82 Å². The highest BCUT2D eigenvalue weighted by molar-refractivity contribution is 9.10. The van der Waals surface area contributed by atoms with E-state index >= 15 is 0 Å². The van der Waals surface area contributed by atoms with Crippen LogP contribution in [0.3, 0.4) is 0 Å². The molecule has 10 heteroatoms. The van der Waals surface area contributed by atoms with Crippen molar-refractivity contribution < 1.29 is 9.72 Å². The van der Waals surface area contributed by atoms with Crippen molar-refractivity contribution in [3.05, 3.63) is 75.3 Å². The number of carbonyl (C=O) groups is 1. The molecular formula is C20H18BrN5O3S. The highest BCUT2D eigenvalue weighted by Crippen LogP contribution is 2.25. The smallest absolute Gasteiger partial charge is 0.269 e. The van der Waals surface area contributed by atoms with Crippen LogP contribution in [-0.4, -0.2) is 31.3 Å². The van der Waals surface area contributed by atoms with Gasteiger partial charge in [-0.1, -0.05) is 45.9 Å². The Morgan fingerprint density at radius 3 is 2.70 bits per heavy atom. The van der Waals surface area contributed by atoms with Gasteiger partial charge in [0.25, 0.3) is 5.69 Å². The number of thioether (sulfide) groups is 1. The molecule has 0 unspecified atom stereocenters. The second kappa shape index (κ2) is 9.68. The molecule has 1 N–H and O–H groups in total. The molecule has 0 bridgehead atoms. The van der Waals surface area contributed by atoms with Gasteiger partial charge in [0, 0.05) is 27.9 Å². The number of nitrogens with one attached hydrogen (secondary N) is 1. The van der Waals surface area contributed by atoms with Gasteiger partial charge < -0.3 is 5.32 Å². The molecule has 0 aliphatic heterocycles. The van der Waals surface area contributed by atoms with Crippen molar-refractivity contribution in [3.63, 3.8) is 0 Å². The number of allylic oxidation sites excluding steroid dienone is 1. The standard InChI is InChI=1S/C20H18BrN5O3S/c1-3-10-25-19(14-4-6-15(21)7-5-14)23-20(24-25)30-12-18(27)22-17-9-8-16(26(28)29)11-13(17)2/h3-9,11H,1,10,12H2,2H3,(H,22,27). The van der Waals surface area contributed by atoms with E-state index in [-0.39, 0.29) is 17.3 Å². The first-order chi connectivity index (χ1) is 14.4. The zero-order chi connectivity index (χ0) is 21.7. The zero-order valence-corrected chi connectivity index (χ0v) is 18.4. The lowest BCUT2D eigenvalue weighted by atomic mass is 10.2. The third-order valence-electron chi connectivity index (χ3n) is 4.08. The number of non-ortho nitro benzene ring substituents is 1. The number of aromatic nitrogens is 3. The van der Waals surface area contributed by atoms with Gasteiger partial charge in [0.1, 0.15) is 0 Å². The Hall–Kier alpha value is -2.98. The first-order valence-corrected chi connectivity index (χ1v) is 10.6. The predicted octanol–water partition coefficient (Wildman–Crippen LogP) is 4.84. The minimum Gasteiger partial charge on any atom is -0.325 e. The first kappa shape index (κ1) is 21.7. The van der Waals surface area contributed by atoms with Gasteiger partial charge in [-0.3, -0.25) is 14.9 Å². The predicted molar refractivity (Wildman–Crippen MR) is 121 cm³/mol. The van der Waals surface area contributed by atoms with Crippen LogP contribution < -0.4 is 5.32 Å². The molecule has 3 aromatic rings. The average molecular weight is 488 g/mol. The Labute approximate surface area is 185 Å². The highest BCUT2D eigenvalue weighted by atomic mass is 79.9. The van der Waals surface area contributed by atoms with Crippen LogP contribution in [0.1, 0.15) is 5.56 Å². The number of rotatable bonds is 8. The molecule has 1 amide bonds. The number of aryl methyl sites for hydroxylation is 1. The molecule has 154 valence electrons. The van der Waals surface area contributed by atoms with Crippen molar-refractivity contribution >= 4 is 45.0 Å². The van der Waals surface area contributed by atoms with Gasteiger partial charge in [-0.2, -0.15) is 0 Å². The number of nitrogens with zero attached hydrogens (tertiary/aromatic N) is 4. The maximum absolute atomic E-state index is 12.3. The van der Waals surface area contributed by atoms with Crippen LogP contribution in [0, 0.1) is 17.0 Å². The summed E-state index contributed by atoms with van der Waals surface area (Å²) in [7, 11) is 0. The van der Waals surface area contributed by atoms with Crippen LogP contribution in [0.5, 0.6) is 0 Å². The minimum atomic E-state index is -0.470. The SMILES string of the molecule is C=CCn1nc(SCC(=O)Nc2ccc([N+](=O)[O-])cc2C)nc1-c1ccc(Br)cc1. The molecule has 1 aromatic heterocycles. The summed E-state index contributed by atoms with van der Waals surface area (Å²) in [5.74, 6) is 0.549. The van der Waals surface area contributed by atoms with E-state index in [0.717, 1.165) is 10.0 Å². The van der Waals surface area contributed by atoms with Crippen molar-refractivity contribution in [1.29, 1.82) is 0 Å². The summed E-state index contributed by atoms with van der Waals surface area (Å²) in [6.45, 7) is 5.95. The molecule has 3 rings (SSSR count). The van der Waals surface area contributed by atoms with Crippen molar-refractivity contribution in [2.24, 2.45) is 0 Å². The molecule has 0 aliphatic rings. The van der Waals surface area contributed by atoms with Crippen LogP contribution >= 0.6 is 27.7 Å². The molecule has 8 nitrogen and oxygen atoms in total. The third kappa shape index (κ3) is 5.33. The number of benzene rings is 2. The Morgan fingerprint density at radius 2 is 2.07 bits per heavy atom. The maximum Gasteiger partial charge on any atom is 0.269 e. The average Bonchev–Trinajstić information content (AvgIpc) is 3.11. The number of carbonyl (C=O) groups excluding carboxylic acids is 1. The van der Waals surface area contributed by atoms with Gasteiger partial charge in [0.2, 0.25) is 11.1 Å². The lowest BCUT2D eigenvalue weighted by Gasteiger charge is -2.07. The van der Waals surface area contributed by atoms with E-state index in [9.17, 15) is 14.9 Å². The number of hydrogen-bond acceptors (Lipinski definition) is 6. The van der Waals surface area contributed by atoms with Gasteiger partial charge in [-0.05, 0) is 30.7 Å². The zero-order valence-electron chi connectivity index (χ0n) is 16.0. The number of nitro groups is 1. The second-order valence-electron chi connectivity index (χ2n) is 6.29. The molecule has 2 aromatic carbocycles. The van der Waals surface area contributed by atoms with Crippen LogP contribution in [-0.2, 0) is 11.3 Å². The molecule has 0 spiro atoms. The van der Waals surface area contributed by atoms with Crippen LogP contribution in [0.15, 0.2) is 64.7 Å². The third-order valence-corrected chi connectivity index (χ3v) is 5.45. The van der Waals surface area contributed by atoms with Crippen LogP contribution in [0.4, 0.5) is 11.4 Å². The second-order valence-corrected chi connectivity index (χ2v) is 8.15. The number of hydrogen-bond donors (Lipinski definition) is 1. The van der Waals surface area contributed by atoms with Gasteiger partial charge in [0.05, 0.1) is 17.2 Å². The summed E-state index contributed by atoms with van der Waals surface area (Å²) in [5.41, 5.74) is 2.04. The molecule has 0 fully saturated rings. The molecule has 0 radical (unpaired) electrons. The molecule has 0 saturated carbocycles. The summed E-state index contributed by atoms with van der Waals surface area (Å²) in [6, 6.07) is 12.0. The van der Waals surface area contributed by atoms with Crippen LogP contribution in [0.2, 0.25) is 0 Å². The summed E-state index contributed by atoms with van der Waals surface area (Å²) in [6.07, 6.45) is 1.73. The Bertz CT molecular complexity index is 1100. The van der Waals surface area contributed by atoms with Crippen molar-refractivity contribution in [1.82, 2.24) is 14.8 Å². The minimum absolute atomic E-state index is 0.0164. The number of anilines is 1. The first-order valence-electron chi connectivity index (χ1n) is 8.86. The van der Waals surface area contributed by atoms with E-state index < -0.39 is 4.92 Å². The topological polar surface area (TPSA) is 103 Å².